The standard InChI is InChI=1S/C7H4BrIN2O/c8-3-1-4(9)6-5(2-3)10-11-7(6)12/h1-2H,(H2,10,11,12). The molecule has 1 aromatic carbocycles. The predicted octanol–water partition coefficient (Wildman–Crippen LogP) is 2.22. The van der Waals surface area contributed by atoms with Gasteiger partial charge in [0.25, 0.3) is 5.56 Å². The highest BCUT2D eigenvalue weighted by Gasteiger charge is 2.05. The minimum atomic E-state index is -0.0677. The first-order valence-electron chi connectivity index (χ1n) is 3.24. The fraction of sp³-hybridized carbons (Fsp3) is 0. The van der Waals surface area contributed by atoms with Gasteiger partial charge in [0.2, 0.25) is 0 Å². The third-order valence-electron chi connectivity index (χ3n) is 1.59. The Hall–Kier alpha value is -0.300. The van der Waals surface area contributed by atoms with Crippen molar-refractivity contribution in [2.24, 2.45) is 0 Å². The van der Waals surface area contributed by atoms with Crippen LogP contribution >= 0.6 is 38.5 Å². The molecule has 1 aromatic heterocycles. The van der Waals surface area contributed by atoms with Crippen LogP contribution in [0.15, 0.2) is 21.4 Å². The summed E-state index contributed by atoms with van der Waals surface area (Å²) in [5.74, 6) is 0. The smallest absolute Gasteiger partial charge is 0.272 e. The summed E-state index contributed by atoms with van der Waals surface area (Å²) in [6, 6.07) is 3.78. The van der Waals surface area contributed by atoms with Gasteiger partial charge in [-0.05, 0) is 34.7 Å². The van der Waals surface area contributed by atoms with Crippen LogP contribution in [0.4, 0.5) is 0 Å². The Morgan fingerprint density at radius 3 is 2.83 bits per heavy atom. The second kappa shape index (κ2) is 2.88. The number of fused-ring (bicyclic) bond motifs is 1. The van der Waals surface area contributed by atoms with E-state index in [1.165, 1.54) is 0 Å². The Balaban J connectivity index is 3.03. The summed E-state index contributed by atoms with van der Waals surface area (Å²) in [6.45, 7) is 0. The lowest BCUT2D eigenvalue weighted by Gasteiger charge is -1.93. The second-order valence-corrected chi connectivity index (χ2v) is 4.47. The Labute approximate surface area is 89.8 Å². The Kier molecular flexibility index (Phi) is 1.99. The quantitative estimate of drug-likeness (QED) is 0.711. The Morgan fingerprint density at radius 1 is 1.33 bits per heavy atom. The maximum Gasteiger partial charge on any atom is 0.272 e. The fourth-order valence-corrected chi connectivity index (χ4v) is 2.85. The van der Waals surface area contributed by atoms with E-state index in [1.54, 1.807) is 0 Å². The summed E-state index contributed by atoms with van der Waals surface area (Å²) < 4.78 is 1.91. The number of halogens is 2. The lowest BCUT2D eigenvalue weighted by atomic mass is 10.3. The first kappa shape index (κ1) is 8.31. The van der Waals surface area contributed by atoms with Crippen molar-refractivity contribution in [1.82, 2.24) is 10.2 Å². The van der Waals surface area contributed by atoms with Crippen LogP contribution in [0, 0.1) is 3.57 Å². The molecule has 0 atom stereocenters. The minimum absolute atomic E-state index is 0.0677. The van der Waals surface area contributed by atoms with Crippen LogP contribution in [0.25, 0.3) is 10.9 Å². The van der Waals surface area contributed by atoms with E-state index in [4.69, 9.17) is 0 Å². The minimum Gasteiger partial charge on any atom is -0.297 e. The number of rotatable bonds is 0. The van der Waals surface area contributed by atoms with Gasteiger partial charge in [-0.3, -0.25) is 15.0 Å². The normalized spacial score (nSPS) is 10.8. The van der Waals surface area contributed by atoms with Crippen molar-refractivity contribution in [2.75, 3.05) is 0 Å². The summed E-state index contributed by atoms with van der Waals surface area (Å²) in [5.41, 5.74) is 0.765. The van der Waals surface area contributed by atoms with Gasteiger partial charge in [-0.1, -0.05) is 15.9 Å². The summed E-state index contributed by atoms with van der Waals surface area (Å²) in [7, 11) is 0. The van der Waals surface area contributed by atoms with Crippen molar-refractivity contribution in [2.45, 2.75) is 0 Å². The lowest BCUT2D eigenvalue weighted by molar-refractivity contribution is 1.08. The van der Waals surface area contributed by atoms with E-state index in [-0.39, 0.29) is 5.56 Å². The maximum absolute atomic E-state index is 11.2. The molecule has 0 radical (unpaired) electrons. The van der Waals surface area contributed by atoms with Crippen molar-refractivity contribution in [3.05, 3.63) is 30.5 Å². The number of hydrogen-bond donors (Lipinski definition) is 2. The molecule has 2 N–H and O–H groups in total. The zero-order chi connectivity index (χ0) is 8.72. The molecule has 2 aromatic rings. The summed E-state index contributed by atoms with van der Waals surface area (Å²) in [5, 5.41) is 6.06. The Morgan fingerprint density at radius 2 is 2.08 bits per heavy atom. The van der Waals surface area contributed by atoms with Crippen LogP contribution in [0.5, 0.6) is 0 Å². The van der Waals surface area contributed by atoms with Gasteiger partial charge >= 0.3 is 0 Å². The number of H-pyrrole nitrogens is 2. The topological polar surface area (TPSA) is 48.6 Å². The van der Waals surface area contributed by atoms with Crippen molar-refractivity contribution in [3.8, 4) is 0 Å². The molecule has 0 saturated heterocycles. The molecule has 12 heavy (non-hydrogen) atoms. The average Bonchev–Trinajstić information content (AvgIpc) is 2.31. The van der Waals surface area contributed by atoms with Gasteiger partial charge in [-0.2, -0.15) is 0 Å². The molecule has 0 fully saturated rings. The van der Waals surface area contributed by atoms with Crippen molar-refractivity contribution < 1.29 is 0 Å². The van der Waals surface area contributed by atoms with Crippen LogP contribution < -0.4 is 5.56 Å². The molecule has 5 heteroatoms. The highest BCUT2D eigenvalue weighted by molar-refractivity contribution is 14.1. The lowest BCUT2D eigenvalue weighted by Crippen LogP contribution is -1.98. The van der Waals surface area contributed by atoms with Gasteiger partial charge in [0.05, 0.1) is 10.9 Å². The molecule has 1 heterocycles. The molecule has 0 aliphatic carbocycles. The molecule has 2 rings (SSSR count). The highest BCUT2D eigenvalue weighted by atomic mass is 127. The van der Waals surface area contributed by atoms with Crippen LogP contribution in [-0.4, -0.2) is 10.2 Å². The van der Waals surface area contributed by atoms with E-state index in [2.05, 4.69) is 48.7 Å². The van der Waals surface area contributed by atoms with Crippen molar-refractivity contribution >= 4 is 49.4 Å². The zero-order valence-corrected chi connectivity index (χ0v) is 9.56. The van der Waals surface area contributed by atoms with Crippen molar-refractivity contribution in [3.63, 3.8) is 0 Å². The Bertz CT molecular complexity index is 488. The van der Waals surface area contributed by atoms with E-state index >= 15 is 0 Å². The summed E-state index contributed by atoms with van der Waals surface area (Å²) in [4.78, 5) is 11.2. The third-order valence-corrected chi connectivity index (χ3v) is 2.90. The summed E-state index contributed by atoms with van der Waals surface area (Å²) in [6.07, 6.45) is 0. The summed E-state index contributed by atoms with van der Waals surface area (Å²) >= 11 is 5.49. The molecule has 0 aliphatic heterocycles. The van der Waals surface area contributed by atoms with E-state index in [0.29, 0.717) is 0 Å². The zero-order valence-electron chi connectivity index (χ0n) is 5.82. The van der Waals surface area contributed by atoms with Gasteiger partial charge in [0.15, 0.2) is 0 Å². The van der Waals surface area contributed by atoms with Crippen LogP contribution in [0.1, 0.15) is 0 Å². The first-order chi connectivity index (χ1) is 5.68. The van der Waals surface area contributed by atoms with Gasteiger partial charge < -0.3 is 0 Å². The number of aromatic nitrogens is 2. The van der Waals surface area contributed by atoms with Gasteiger partial charge in [0.1, 0.15) is 0 Å². The average molecular weight is 339 g/mol. The molecular formula is C7H4BrIN2O. The van der Waals surface area contributed by atoms with E-state index in [0.717, 1.165) is 18.9 Å². The SMILES string of the molecule is O=c1[nH][nH]c2cc(Br)cc(I)c12. The van der Waals surface area contributed by atoms with Crippen LogP contribution in [0.2, 0.25) is 0 Å². The molecule has 0 amide bonds. The maximum atomic E-state index is 11.2. The monoisotopic (exact) mass is 338 g/mol. The van der Waals surface area contributed by atoms with Gasteiger partial charge in [-0.25, -0.2) is 0 Å². The van der Waals surface area contributed by atoms with E-state index < -0.39 is 0 Å². The van der Waals surface area contributed by atoms with E-state index in [1.807, 2.05) is 12.1 Å². The fourth-order valence-electron chi connectivity index (χ4n) is 1.09. The van der Waals surface area contributed by atoms with Crippen molar-refractivity contribution in [1.29, 1.82) is 0 Å². The number of benzene rings is 1. The first-order valence-corrected chi connectivity index (χ1v) is 5.11. The number of nitrogens with one attached hydrogen (secondary N) is 2. The number of aromatic amines is 2. The van der Waals surface area contributed by atoms with E-state index in [9.17, 15) is 4.79 Å². The molecule has 0 bridgehead atoms. The molecule has 0 aliphatic rings. The van der Waals surface area contributed by atoms with Gasteiger partial charge in [-0.15, -0.1) is 0 Å². The van der Waals surface area contributed by atoms with Gasteiger partial charge in [0, 0.05) is 8.04 Å². The largest absolute Gasteiger partial charge is 0.297 e. The molecule has 0 saturated carbocycles. The molecule has 0 spiro atoms. The second-order valence-electron chi connectivity index (χ2n) is 2.39. The highest BCUT2D eigenvalue weighted by Crippen LogP contribution is 2.21. The molecular weight excluding hydrogens is 335 g/mol. The number of hydrogen-bond acceptors (Lipinski definition) is 1. The third kappa shape index (κ3) is 1.20. The predicted molar refractivity (Wildman–Crippen MR) is 59.3 cm³/mol. The molecule has 62 valence electrons. The molecule has 3 nitrogen and oxygen atoms in total. The van der Waals surface area contributed by atoms with Crippen LogP contribution in [0.3, 0.4) is 0 Å². The van der Waals surface area contributed by atoms with Crippen LogP contribution in [-0.2, 0) is 0 Å². The molecule has 0 unspecified atom stereocenters.